The summed E-state index contributed by atoms with van der Waals surface area (Å²) in [5, 5.41) is 2.42. The lowest BCUT2D eigenvalue weighted by atomic mass is 9.84. The van der Waals surface area contributed by atoms with Gasteiger partial charge in [0, 0.05) is 27.3 Å². The molecule has 14 rings (SSSR count). The average Bonchev–Trinajstić information content (AvgIpc) is 3.42. The van der Waals surface area contributed by atoms with Gasteiger partial charge in [0.1, 0.15) is 11.2 Å². The standard InChI is InChI=1S/C40H32N2O/c1-40(2)37-10-4-7-33(41-37)29-18-12-26(13-19-29)14-22-31-6-3-9-35-39(31)32-23-17-28(25-36(32)43-35)24-27-15-20-30(21-16-27)34-8-5-11-38(40)42-34/h3-13,15-21,23,25H,14,22,24H2,1-2H3. The first-order valence-electron chi connectivity index (χ1n) is 15.1. The summed E-state index contributed by atoms with van der Waals surface area (Å²) in [6.45, 7) is 4.42. The van der Waals surface area contributed by atoms with Gasteiger partial charge in [-0.1, -0.05) is 84.9 Å². The van der Waals surface area contributed by atoms with Gasteiger partial charge in [0.2, 0.25) is 0 Å². The number of aromatic nitrogens is 2. The van der Waals surface area contributed by atoms with Gasteiger partial charge in [0.25, 0.3) is 0 Å². The zero-order valence-electron chi connectivity index (χ0n) is 24.5. The van der Waals surface area contributed by atoms with Crippen molar-refractivity contribution >= 4 is 21.9 Å². The number of pyridine rings is 2. The predicted molar refractivity (Wildman–Crippen MR) is 175 cm³/mol. The number of rotatable bonds is 0. The summed E-state index contributed by atoms with van der Waals surface area (Å²) in [7, 11) is 0. The lowest BCUT2D eigenvalue weighted by molar-refractivity contribution is 0.597. The van der Waals surface area contributed by atoms with Gasteiger partial charge < -0.3 is 4.42 Å². The van der Waals surface area contributed by atoms with Crippen LogP contribution in [-0.4, -0.2) is 9.97 Å². The Morgan fingerprint density at radius 3 is 1.84 bits per heavy atom. The van der Waals surface area contributed by atoms with Crippen molar-refractivity contribution in [2.75, 3.05) is 0 Å². The third-order valence-corrected chi connectivity index (χ3v) is 9.02. The SMILES string of the molecule is CC1(C)c2cccc(n2)-c2ccc(cc2)CCc2cccc3oc4cc(ccc4c23)Cc2ccc(cc2)-c2cccc1n2. The topological polar surface area (TPSA) is 38.9 Å². The van der Waals surface area contributed by atoms with Crippen LogP contribution in [0.25, 0.3) is 44.5 Å². The van der Waals surface area contributed by atoms with Gasteiger partial charge in [0.15, 0.2) is 0 Å². The van der Waals surface area contributed by atoms with E-state index in [0.29, 0.717) is 0 Å². The molecule has 0 radical (unpaired) electrons. The van der Waals surface area contributed by atoms with Gasteiger partial charge in [-0.15, -0.1) is 0 Å². The average molecular weight is 557 g/mol. The van der Waals surface area contributed by atoms with E-state index in [4.69, 9.17) is 14.4 Å². The summed E-state index contributed by atoms with van der Waals surface area (Å²) in [5.74, 6) is 0. The molecule has 7 aromatic rings. The highest BCUT2D eigenvalue weighted by atomic mass is 16.3. The number of furan rings is 1. The second-order valence-corrected chi connectivity index (χ2v) is 12.2. The van der Waals surface area contributed by atoms with Crippen molar-refractivity contribution in [3.63, 3.8) is 0 Å². The highest BCUT2D eigenvalue weighted by Gasteiger charge is 2.27. The molecular weight excluding hydrogens is 524 g/mol. The van der Waals surface area contributed by atoms with E-state index in [0.717, 1.165) is 64.3 Å². The molecule has 0 N–H and O–H groups in total. The van der Waals surface area contributed by atoms with E-state index in [2.05, 4.69) is 135 Å². The molecule has 208 valence electrons. The van der Waals surface area contributed by atoms with Crippen LogP contribution < -0.4 is 0 Å². The van der Waals surface area contributed by atoms with Gasteiger partial charge in [-0.05, 0) is 91.8 Å². The van der Waals surface area contributed by atoms with E-state index in [1.54, 1.807) is 0 Å². The lowest BCUT2D eigenvalue weighted by Crippen LogP contribution is -2.22. The Morgan fingerprint density at radius 2 is 1.16 bits per heavy atom. The Bertz CT molecular complexity index is 2120. The van der Waals surface area contributed by atoms with Gasteiger partial charge >= 0.3 is 0 Å². The molecule has 0 unspecified atom stereocenters. The van der Waals surface area contributed by atoms with Crippen LogP contribution in [0.1, 0.15) is 47.5 Å². The van der Waals surface area contributed by atoms with Crippen LogP contribution >= 0.6 is 0 Å². The molecule has 0 saturated carbocycles. The van der Waals surface area contributed by atoms with E-state index in [1.807, 2.05) is 0 Å². The molecule has 0 amide bonds. The van der Waals surface area contributed by atoms with Crippen molar-refractivity contribution in [3.8, 4) is 22.5 Å². The normalized spacial score (nSPS) is 14.2. The van der Waals surface area contributed by atoms with Gasteiger partial charge in [-0.25, -0.2) is 0 Å². The Morgan fingerprint density at radius 1 is 0.558 bits per heavy atom. The maximum Gasteiger partial charge on any atom is 0.135 e. The smallest absolute Gasteiger partial charge is 0.135 e. The predicted octanol–water partition coefficient (Wildman–Crippen LogP) is 9.73. The Balaban J connectivity index is 1.26. The maximum atomic E-state index is 6.38. The van der Waals surface area contributed by atoms with Crippen LogP contribution in [-0.2, 0) is 24.7 Å². The minimum absolute atomic E-state index is 0.357. The molecule has 3 heteroatoms. The highest BCUT2D eigenvalue weighted by molar-refractivity contribution is 6.06. The molecule has 3 nitrogen and oxygen atoms in total. The summed E-state index contributed by atoms with van der Waals surface area (Å²) in [5.41, 5.74) is 12.9. The van der Waals surface area contributed by atoms with Crippen LogP contribution in [0.3, 0.4) is 0 Å². The first-order chi connectivity index (χ1) is 21.0. The summed E-state index contributed by atoms with van der Waals surface area (Å²) in [6, 6.07) is 43.4. The van der Waals surface area contributed by atoms with Crippen molar-refractivity contribution in [1.29, 1.82) is 0 Å². The number of hydrogen-bond donors (Lipinski definition) is 0. The summed E-state index contributed by atoms with van der Waals surface area (Å²) >= 11 is 0. The minimum atomic E-state index is -0.357. The maximum absolute atomic E-state index is 6.38. The molecule has 0 spiro atoms. The molecule has 7 aliphatic heterocycles. The van der Waals surface area contributed by atoms with Crippen molar-refractivity contribution in [2.45, 2.75) is 38.5 Å². The molecule has 12 bridgehead atoms. The minimum Gasteiger partial charge on any atom is -0.456 e. The molecule has 10 heterocycles. The highest BCUT2D eigenvalue weighted by Crippen LogP contribution is 2.35. The molecular formula is C40H32N2O. The van der Waals surface area contributed by atoms with Gasteiger partial charge in [0.05, 0.1) is 22.8 Å². The molecule has 0 atom stereocenters. The van der Waals surface area contributed by atoms with Gasteiger partial charge in [-0.2, -0.15) is 0 Å². The van der Waals surface area contributed by atoms with E-state index in [1.165, 1.54) is 33.0 Å². The van der Waals surface area contributed by atoms with Crippen molar-refractivity contribution < 1.29 is 4.42 Å². The first-order valence-corrected chi connectivity index (χ1v) is 15.1. The first kappa shape index (κ1) is 25.7. The second kappa shape index (κ2) is 10.1. The van der Waals surface area contributed by atoms with Crippen LogP contribution in [0.15, 0.2) is 126 Å². The fourth-order valence-electron chi connectivity index (χ4n) is 6.43. The Kier molecular flexibility index (Phi) is 6.01. The lowest BCUT2D eigenvalue weighted by Gasteiger charge is -2.25. The molecule has 0 saturated heterocycles. The van der Waals surface area contributed by atoms with Crippen LogP contribution in [0.4, 0.5) is 0 Å². The molecule has 4 aromatic carbocycles. The van der Waals surface area contributed by atoms with Gasteiger partial charge in [-0.3, -0.25) is 9.97 Å². The molecule has 0 fully saturated rings. The monoisotopic (exact) mass is 556 g/mol. The van der Waals surface area contributed by atoms with Crippen LogP contribution in [0.2, 0.25) is 0 Å². The summed E-state index contributed by atoms with van der Waals surface area (Å²) in [6.07, 6.45) is 2.76. The van der Waals surface area contributed by atoms with E-state index in [9.17, 15) is 0 Å². The molecule has 7 aliphatic rings. The number of nitrogens with zero attached hydrogens (tertiary/aromatic N) is 2. The Hall–Kier alpha value is -5.02. The third kappa shape index (κ3) is 4.62. The number of benzene rings is 4. The fraction of sp³-hybridized carbons (Fsp3) is 0.150. The van der Waals surface area contributed by atoms with Crippen molar-refractivity contribution in [2.24, 2.45) is 0 Å². The number of hydrogen-bond acceptors (Lipinski definition) is 3. The van der Waals surface area contributed by atoms with E-state index < -0.39 is 0 Å². The molecule has 3 aromatic heterocycles. The fourth-order valence-corrected chi connectivity index (χ4v) is 6.43. The molecule has 0 aliphatic carbocycles. The van der Waals surface area contributed by atoms with E-state index >= 15 is 0 Å². The third-order valence-electron chi connectivity index (χ3n) is 9.02. The number of aryl methyl sites for hydroxylation is 2. The summed E-state index contributed by atoms with van der Waals surface area (Å²) in [4.78, 5) is 10.3. The van der Waals surface area contributed by atoms with Crippen molar-refractivity contribution in [3.05, 3.63) is 155 Å². The Labute approximate surface area is 251 Å². The van der Waals surface area contributed by atoms with Crippen molar-refractivity contribution in [1.82, 2.24) is 9.97 Å². The molecule has 43 heavy (non-hydrogen) atoms. The van der Waals surface area contributed by atoms with Crippen LogP contribution in [0, 0.1) is 0 Å². The quantitative estimate of drug-likeness (QED) is 0.187. The van der Waals surface area contributed by atoms with E-state index in [-0.39, 0.29) is 5.41 Å². The zero-order valence-corrected chi connectivity index (χ0v) is 24.5. The largest absolute Gasteiger partial charge is 0.456 e. The second-order valence-electron chi connectivity index (χ2n) is 12.2. The zero-order chi connectivity index (χ0) is 29.0. The summed E-state index contributed by atoms with van der Waals surface area (Å²) < 4.78 is 6.38. The van der Waals surface area contributed by atoms with Crippen LogP contribution in [0.5, 0.6) is 0 Å².